The Balaban J connectivity index is 2.57. The van der Waals surface area contributed by atoms with E-state index in [0.717, 1.165) is 25.1 Å². The van der Waals surface area contributed by atoms with Gasteiger partial charge in [-0.25, -0.2) is 9.18 Å². The van der Waals surface area contributed by atoms with Crippen LogP contribution >= 0.6 is 0 Å². The molecular weight excluding hydrogens is 235 g/mol. The zero-order chi connectivity index (χ0) is 13.5. The van der Waals surface area contributed by atoms with Crippen LogP contribution in [0.2, 0.25) is 0 Å². The fourth-order valence-corrected chi connectivity index (χ4v) is 1.75. The predicted octanol–water partition coefficient (Wildman–Crippen LogP) is 1.57. The number of benzene rings is 1. The van der Waals surface area contributed by atoms with E-state index in [1.807, 2.05) is 14.1 Å². The fourth-order valence-electron chi connectivity index (χ4n) is 1.75. The molecule has 0 aliphatic carbocycles. The van der Waals surface area contributed by atoms with Gasteiger partial charge in [0.05, 0.1) is 5.56 Å². The summed E-state index contributed by atoms with van der Waals surface area (Å²) in [6.45, 7) is 2.46. The summed E-state index contributed by atoms with van der Waals surface area (Å²) in [7, 11) is 3.86. The zero-order valence-corrected chi connectivity index (χ0v) is 10.7. The van der Waals surface area contributed by atoms with Crippen molar-refractivity contribution in [1.82, 2.24) is 10.2 Å². The molecule has 0 heterocycles. The maximum absolute atomic E-state index is 13.4. The molecule has 0 radical (unpaired) electrons. The molecule has 0 aliphatic rings. The minimum Gasteiger partial charge on any atom is -0.478 e. The molecule has 0 amide bonds. The molecule has 0 saturated heterocycles. The maximum atomic E-state index is 13.4. The van der Waals surface area contributed by atoms with Gasteiger partial charge in [-0.05, 0) is 51.3 Å². The van der Waals surface area contributed by atoms with Crippen LogP contribution in [-0.2, 0) is 6.54 Å². The number of carboxylic acid groups (broad SMARTS) is 1. The van der Waals surface area contributed by atoms with E-state index in [1.165, 1.54) is 12.1 Å². The smallest absolute Gasteiger partial charge is 0.338 e. The Bertz CT molecular complexity index is 410. The van der Waals surface area contributed by atoms with Crippen LogP contribution in [-0.4, -0.2) is 43.2 Å². The summed E-state index contributed by atoms with van der Waals surface area (Å²) < 4.78 is 13.4. The van der Waals surface area contributed by atoms with Crippen LogP contribution in [0.25, 0.3) is 0 Å². The number of hydrogen-bond donors (Lipinski definition) is 2. The summed E-state index contributed by atoms with van der Waals surface area (Å²) in [5.41, 5.74) is 0.501. The van der Waals surface area contributed by atoms with E-state index >= 15 is 0 Å². The van der Waals surface area contributed by atoms with Crippen molar-refractivity contribution in [1.29, 1.82) is 0 Å². The minimum atomic E-state index is -1.23. The van der Waals surface area contributed by atoms with Gasteiger partial charge in [0.15, 0.2) is 0 Å². The normalized spacial score (nSPS) is 10.9. The van der Waals surface area contributed by atoms with Crippen molar-refractivity contribution in [2.45, 2.75) is 13.0 Å². The van der Waals surface area contributed by atoms with Crippen molar-refractivity contribution < 1.29 is 14.3 Å². The van der Waals surface area contributed by atoms with E-state index in [-0.39, 0.29) is 5.56 Å². The lowest BCUT2D eigenvalue weighted by Crippen LogP contribution is -2.22. The Morgan fingerprint density at radius 3 is 2.78 bits per heavy atom. The molecule has 0 unspecified atom stereocenters. The van der Waals surface area contributed by atoms with Gasteiger partial charge in [-0.1, -0.05) is 6.07 Å². The monoisotopic (exact) mass is 254 g/mol. The van der Waals surface area contributed by atoms with Crippen LogP contribution in [0, 0.1) is 5.82 Å². The zero-order valence-electron chi connectivity index (χ0n) is 10.7. The van der Waals surface area contributed by atoms with Crippen molar-refractivity contribution >= 4 is 5.97 Å². The number of hydrogen-bond acceptors (Lipinski definition) is 3. The highest BCUT2D eigenvalue weighted by Gasteiger charge is 2.10. The van der Waals surface area contributed by atoms with Gasteiger partial charge in [-0.15, -0.1) is 0 Å². The molecule has 0 aliphatic heterocycles. The van der Waals surface area contributed by atoms with Gasteiger partial charge >= 0.3 is 5.97 Å². The number of carboxylic acids is 1. The molecule has 4 nitrogen and oxygen atoms in total. The SMILES string of the molecule is CNCCCN(C)Cc1ccc(C(=O)O)c(F)c1. The summed E-state index contributed by atoms with van der Waals surface area (Å²) in [5, 5.41) is 11.8. The van der Waals surface area contributed by atoms with E-state index in [4.69, 9.17) is 5.11 Å². The number of halogens is 1. The number of nitrogens with zero attached hydrogens (tertiary/aromatic N) is 1. The van der Waals surface area contributed by atoms with E-state index in [0.29, 0.717) is 6.54 Å². The number of nitrogens with one attached hydrogen (secondary N) is 1. The van der Waals surface area contributed by atoms with E-state index in [2.05, 4.69) is 10.2 Å². The molecule has 1 aromatic rings. The van der Waals surface area contributed by atoms with Gasteiger partial charge in [0.25, 0.3) is 0 Å². The Morgan fingerprint density at radius 2 is 2.22 bits per heavy atom. The summed E-state index contributed by atoms with van der Waals surface area (Å²) in [6.07, 6.45) is 1.02. The first-order valence-electron chi connectivity index (χ1n) is 5.89. The second kappa shape index (κ2) is 7.08. The molecule has 1 aromatic carbocycles. The molecule has 18 heavy (non-hydrogen) atoms. The van der Waals surface area contributed by atoms with Gasteiger partial charge in [0.1, 0.15) is 5.82 Å². The molecule has 0 saturated carbocycles. The van der Waals surface area contributed by atoms with E-state index < -0.39 is 11.8 Å². The molecule has 0 bridgehead atoms. The third-order valence-electron chi connectivity index (χ3n) is 2.68. The van der Waals surface area contributed by atoms with Crippen molar-refractivity contribution in [3.63, 3.8) is 0 Å². The van der Waals surface area contributed by atoms with E-state index in [1.54, 1.807) is 6.07 Å². The first-order valence-corrected chi connectivity index (χ1v) is 5.89. The molecular formula is C13H19FN2O2. The van der Waals surface area contributed by atoms with Gasteiger partial charge < -0.3 is 15.3 Å². The molecule has 1 rings (SSSR count). The van der Waals surface area contributed by atoms with Crippen LogP contribution in [0.15, 0.2) is 18.2 Å². The quantitative estimate of drug-likeness (QED) is 0.725. The average Bonchev–Trinajstić information content (AvgIpc) is 2.28. The fraction of sp³-hybridized carbons (Fsp3) is 0.462. The standard InChI is InChI=1S/C13H19FN2O2/c1-15-6-3-7-16(2)9-10-4-5-11(13(17)18)12(14)8-10/h4-5,8,15H,3,6-7,9H2,1-2H3,(H,17,18). The third-order valence-corrected chi connectivity index (χ3v) is 2.68. The Morgan fingerprint density at radius 1 is 1.50 bits per heavy atom. The van der Waals surface area contributed by atoms with Crippen LogP contribution in [0.5, 0.6) is 0 Å². The van der Waals surface area contributed by atoms with Crippen molar-refractivity contribution in [3.05, 3.63) is 35.1 Å². The van der Waals surface area contributed by atoms with Gasteiger partial charge in [0, 0.05) is 6.54 Å². The number of carbonyl (C=O) groups is 1. The molecule has 5 heteroatoms. The Kier molecular flexibility index (Phi) is 5.74. The lowest BCUT2D eigenvalue weighted by atomic mass is 10.1. The minimum absolute atomic E-state index is 0.281. The summed E-state index contributed by atoms with van der Waals surface area (Å²) in [5.74, 6) is -1.91. The summed E-state index contributed by atoms with van der Waals surface area (Å²) in [6, 6.07) is 4.26. The van der Waals surface area contributed by atoms with Crippen LogP contribution in [0.4, 0.5) is 4.39 Å². The van der Waals surface area contributed by atoms with Crippen molar-refractivity contribution in [2.75, 3.05) is 27.2 Å². The average molecular weight is 254 g/mol. The number of aromatic carboxylic acids is 1. The molecule has 0 aromatic heterocycles. The molecule has 2 N–H and O–H groups in total. The van der Waals surface area contributed by atoms with Gasteiger partial charge in [-0.3, -0.25) is 0 Å². The van der Waals surface area contributed by atoms with Crippen LogP contribution in [0.1, 0.15) is 22.3 Å². The highest BCUT2D eigenvalue weighted by Crippen LogP contribution is 2.12. The largest absolute Gasteiger partial charge is 0.478 e. The van der Waals surface area contributed by atoms with Crippen LogP contribution in [0.3, 0.4) is 0 Å². The second-order valence-electron chi connectivity index (χ2n) is 4.31. The van der Waals surface area contributed by atoms with Crippen molar-refractivity contribution in [3.8, 4) is 0 Å². The second-order valence-corrected chi connectivity index (χ2v) is 4.31. The topological polar surface area (TPSA) is 52.6 Å². The van der Waals surface area contributed by atoms with Crippen molar-refractivity contribution in [2.24, 2.45) is 0 Å². The van der Waals surface area contributed by atoms with Gasteiger partial charge in [0.2, 0.25) is 0 Å². The first-order chi connectivity index (χ1) is 8.54. The molecule has 100 valence electrons. The highest BCUT2D eigenvalue weighted by atomic mass is 19.1. The molecule has 0 fully saturated rings. The summed E-state index contributed by atoms with van der Waals surface area (Å²) >= 11 is 0. The van der Waals surface area contributed by atoms with Gasteiger partial charge in [-0.2, -0.15) is 0 Å². The summed E-state index contributed by atoms with van der Waals surface area (Å²) in [4.78, 5) is 12.7. The van der Waals surface area contributed by atoms with E-state index in [9.17, 15) is 9.18 Å². The maximum Gasteiger partial charge on any atom is 0.338 e. The Labute approximate surface area is 106 Å². The lowest BCUT2D eigenvalue weighted by Gasteiger charge is -2.16. The highest BCUT2D eigenvalue weighted by molar-refractivity contribution is 5.87. The number of rotatable bonds is 7. The first kappa shape index (κ1) is 14.6. The molecule has 0 spiro atoms. The predicted molar refractivity (Wildman–Crippen MR) is 68.2 cm³/mol. The van der Waals surface area contributed by atoms with Crippen LogP contribution < -0.4 is 5.32 Å². The molecule has 0 atom stereocenters. The third kappa shape index (κ3) is 4.43. The Hall–Kier alpha value is -1.46. The lowest BCUT2D eigenvalue weighted by molar-refractivity contribution is 0.0692.